The van der Waals surface area contributed by atoms with Gasteiger partial charge >= 0.3 is 5.51 Å². The Hall–Kier alpha value is -1.82. The van der Waals surface area contributed by atoms with Crippen LogP contribution in [0.2, 0.25) is 0 Å². The van der Waals surface area contributed by atoms with Crippen LogP contribution >= 0.6 is 11.8 Å². The summed E-state index contributed by atoms with van der Waals surface area (Å²) in [6.45, 7) is 0.534. The maximum atomic E-state index is 12.2. The highest BCUT2D eigenvalue weighted by Crippen LogP contribution is 2.37. The number of phenols is 1. The van der Waals surface area contributed by atoms with Crippen LogP contribution < -0.4 is 5.32 Å². The molecule has 0 radical (unpaired) electrons. The molecule has 0 unspecified atom stereocenters. The molecule has 2 rings (SSSR count). The molecule has 0 aliphatic heterocycles. The van der Waals surface area contributed by atoms with Crippen LogP contribution in [0, 0.1) is 0 Å². The van der Waals surface area contributed by atoms with Crippen molar-refractivity contribution in [1.82, 2.24) is 0 Å². The van der Waals surface area contributed by atoms with Gasteiger partial charge in [0.15, 0.2) is 0 Å². The monoisotopic (exact) mass is 299 g/mol. The van der Waals surface area contributed by atoms with E-state index in [0.29, 0.717) is 6.54 Å². The van der Waals surface area contributed by atoms with Gasteiger partial charge in [0.05, 0.1) is 0 Å². The minimum atomic E-state index is -4.26. The van der Waals surface area contributed by atoms with Crippen LogP contribution in [0.3, 0.4) is 0 Å². The van der Waals surface area contributed by atoms with E-state index in [9.17, 15) is 13.2 Å². The Morgan fingerprint density at radius 1 is 0.950 bits per heavy atom. The van der Waals surface area contributed by atoms with Gasteiger partial charge in [0.25, 0.3) is 0 Å². The number of nitrogens with one attached hydrogen (secondary N) is 1. The third-order valence-corrected chi connectivity index (χ3v) is 3.26. The molecule has 0 bridgehead atoms. The second-order valence-corrected chi connectivity index (χ2v) is 5.23. The van der Waals surface area contributed by atoms with Crippen molar-refractivity contribution < 1.29 is 18.3 Å². The zero-order valence-electron chi connectivity index (χ0n) is 10.3. The number of aromatic hydroxyl groups is 1. The standard InChI is InChI=1S/C14H12F3NOS/c15-14(16,17)20-13-7-3-11(4-8-13)18-9-10-1-5-12(19)6-2-10/h1-8,18-19H,9H2. The fraction of sp³-hybridized carbons (Fsp3) is 0.143. The number of halogens is 3. The Bertz CT molecular complexity index is 552. The maximum absolute atomic E-state index is 12.2. The first-order chi connectivity index (χ1) is 9.42. The van der Waals surface area contributed by atoms with Crippen molar-refractivity contribution in [2.24, 2.45) is 0 Å². The number of phenolic OH excluding ortho intramolecular Hbond substituents is 1. The third-order valence-electron chi connectivity index (χ3n) is 2.52. The van der Waals surface area contributed by atoms with Gasteiger partial charge in [-0.15, -0.1) is 0 Å². The van der Waals surface area contributed by atoms with Crippen LogP contribution in [0.5, 0.6) is 5.75 Å². The molecule has 0 saturated carbocycles. The Balaban J connectivity index is 1.92. The molecule has 0 fully saturated rings. The summed E-state index contributed by atoms with van der Waals surface area (Å²) in [5, 5.41) is 12.2. The average molecular weight is 299 g/mol. The predicted octanol–water partition coefficient (Wildman–Crippen LogP) is 4.62. The molecule has 2 aromatic rings. The Kier molecular flexibility index (Phi) is 4.44. The van der Waals surface area contributed by atoms with E-state index in [4.69, 9.17) is 5.11 Å². The van der Waals surface area contributed by atoms with Crippen molar-refractivity contribution in [3.63, 3.8) is 0 Å². The first kappa shape index (κ1) is 14.6. The van der Waals surface area contributed by atoms with Gasteiger partial charge in [-0.05, 0) is 53.7 Å². The molecule has 0 amide bonds. The highest BCUT2D eigenvalue weighted by atomic mass is 32.2. The molecule has 0 spiro atoms. The van der Waals surface area contributed by atoms with Crippen LogP contribution in [0.15, 0.2) is 53.4 Å². The van der Waals surface area contributed by atoms with Gasteiger partial charge in [0, 0.05) is 17.1 Å². The van der Waals surface area contributed by atoms with Crippen LogP contribution in [0.25, 0.3) is 0 Å². The molecule has 0 aliphatic carbocycles. The summed E-state index contributed by atoms with van der Waals surface area (Å²) >= 11 is -0.130. The molecular weight excluding hydrogens is 287 g/mol. The molecule has 2 nitrogen and oxygen atoms in total. The van der Waals surface area contributed by atoms with Gasteiger partial charge in [-0.1, -0.05) is 12.1 Å². The highest BCUT2D eigenvalue weighted by Gasteiger charge is 2.28. The first-order valence-corrected chi connectivity index (χ1v) is 6.62. The topological polar surface area (TPSA) is 32.3 Å². The van der Waals surface area contributed by atoms with Gasteiger partial charge < -0.3 is 10.4 Å². The Morgan fingerprint density at radius 3 is 2.10 bits per heavy atom. The first-order valence-electron chi connectivity index (χ1n) is 5.80. The van der Waals surface area contributed by atoms with E-state index in [1.54, 1.807) is 36.4 Å². The van der Waals surface area contributed by atoms with Gasteiger partial charge in [0.1, 0.15) is 5.75 Å². The lowest BCUT2D eigenvalue weighted by molar-refractivity contribution is -0.0328. The molecule has 0 aromatic heterocycles. The van der Waals surface area contributed by atoms with Crippen LogP contribution in [0.4, 0.5) is 18.9 Å². The summed E-state index contributed by atoms with van der Waals surface area (Å²) in [6.07, 6.45) is 0. The summed E-state index contributed by atoms with van der Waals surface area (Å²) < 4.78 is 36.5. The average Bonchev–Trinajstić information content (AvgIpc) is 2.38. The van der Waals surface area contributed by atoms with Gasteiger partial charge in [0.2, 0.25) is 0 Å². The number of hydrogen-bond acceptors (Lipinski definition) is 3. The molecule has 2 N–H and O–H groups in total. The Labute approximate surface area is 118 Å². The molecular formula is C14H12F3NOS. The van der Waals surface area contributed by atoms with Crippen molar-refractivity contribution in [1.29, 1.82) is 0 Å². The molecule has 0 aliphatic rings. The maximum Gasteiger partial charge on any atom is 0.446 e. The van der Waals surface area contributed by atoms with Crippen molar-refractivity contribution in [2.75, 3.05) is 5.32 Å². The van der Waals surface area contributed by atoms with Crippen LogP contribution in [0.1, 0.15) is 5.56 Å². The zero-order chi connectivity index (χ0) is 14.6. The predicted molar refractivity (Wildman–Crippen MR) is 73.8 cm³/mol. The normalized spacial score (nSPS) is 11.3. The molecule has 106 valence electrons. The molecule has 6 heteroatoms. The van der Waals surface area contributed by atoms with E-state index in [-0.39, 0.29) is 22.4 Å². The second-order valence-electron chi connectivity index (χ2n) is 4.09. The lowest BCUT2D eigenvalue weighted by Gasteiger charge is -2.09. The zero-order valence-corrected chi connectivity index (χ0v) is 11.1. The summed E-state index contributed by atoms with van der Waals surface area (Å²) in [6, 6.07) is 12.8. The van der Waals surface area contributed by atoms with E-state index >= 15 is 0 Å². The molecule has 0 heterocycles. The van der Waals surface area contributed by atoms with Crippen LogP contribution in [-0.4, -0.2) is 10.6 Å². The lowest BCUT2D eigenvalue weighted by Crippen LogP contribution is -2.00. The quantitative estimate of drug-likeness (QED) is 0.808. The van der Waals surface area contributed by atoms with Crippen molar-refractivity contribution in [3.05, 3.63) is 54.1 Å². The van der Waals surface area contributed by atoms with Crippen molar-refractivity contribution >= 4 is 17.4 Å². The van der Waals surface area contributed by atoms with E-state index in [0.717, 1.165) is 11.3 Å². The number of rotatable bonds is 4. The fourth-order valence-electron chi connectivity index (χ4n) is 1.59. The van der Waals surface area contributed by atoms with E-state index < -0.39 is 5.51 Å². The van der Waals surface area contributed by atoms with Gasteiger partial charge in [-0.3, -0.25) is 0 Å². The SMILES string of the molecule is Oc1ccc(CNc2ccc(SC(F)(F)F)cc2)cc1. The van der Waals surface area contributed by atoms with Gasteiger partial charge in [-0.2, -0.15) is 13.2 Å². The number of alkyl halides is 3. The minimum absolute atomic E-state index is 0.130. The number of anilines is 1. The summed E-state index contributed by atoms with van der Waals surface area (Å²) in [5.74, 6) is 0.197. The van der Waals surface area contributed by atoms with E-state index in [2.05, 4.69) is 5.32 Å². The fourth-order valence-corrected chi connectivity index (χ4v) is 2.13. The summed E-state index contributed by atoms with van der Waals surface area (Å²) in [7, 11) is 0. The van der Waals surface area contributed by atoms with Crippen LogP contribution in [-0.2, 0) is 6.54 Å². The largest absolute Gasteiger partial charge is 0.508 e. The number of thioether (sulfide) groups is 1. The van der Waals surface area contributed by atoms with Crippen molar-refractivity contribution in [3.8, 4) is 5.75 Å². The highest BCUT2D eigenvalue weighted by molar-refractivity contribution is 8.00. The van der Waals surface area contributed by atoms with Crippen molar-refractivity contribution in [2.45, 2.75) is 16.9 Å². The molecule has 0 saturated heterocycles. The minimum Gasteiger partial charge on any atom is -0.508 e. The van der Waals surface area contributed by atoms with Gasteiger partial charge in [-0.25, -0.2) is 0 Å². The van der Waals surface area contributed by atoms with E-state index in [1.807, 2.05) is 0 Å². The summed E-state index contributed by atoms with van der Waals surface area (Å²) in [5.41, 5.74) is -2.55. The summed E-state index contributed by atoms with van der Waals surface area (Å²) in [4.78, 5) is 0.160. The molecule has 0 atom stereocenters. The second kappa shape index (κ2) is 6.09. The third kappa shape index (κ3) is 4.70. The number of benzene rings is 2. The van der Waals surface area contributed by atoms with E-state index in [1.165, 1.54) is 12.1 Å². The molecule has 2 aromatic carbocycles. The Morgan fingerprint density at radius 2 is 1.55 bits per heavy atom. The smallest absolute Gasteiger partial charge is 0.446 e. The lowest BCUT2D eigenvalue weighted by atomic mass is 10.2. The number of hydrogen-bond donors (Lipinski definition) is 2. The molecule has 20 heavy (non-hydrogen) atoms.